The molecule has 0 atom stereocenters. The van der Waals surface area contributed by atoms with Crippen LogP contribution < -0.4 is 0 Å². The molecule has 0 bridgehead atoms. The number of esters is 1. The number of methoxy groups -OCH3 is 1. The molecule has 0 amide bonds. The van der Waals surface area contributed by atoms with Crippen LogP contribution in [0, 0.1) is 0 Å². The fraction of sp³-hybridized carbons (Fsp3) is 0.455. The molecule has 16 heavy (non-hydrogen) atoms. The molecule has 0 aromatic carbocycles. The number of carbonyl (C=O) groups excluding carboxylic acids is 1. The summed E-state index contributed by atoms with van der Waals surface area (Å²) < 4.78 is 8.32. The van der Waals surface area contributed by atoms with Crippen LogP contribution in [0.1, 0.15) is 24.5 Å². The minimum Gasteiger partial charge on any atom is -0.468 e. The van der Waals surface area contributed by atoms with E-state index in [0.29, 0.717) is 5.92 Å². The fourth-order valence-corrected chi connectivity index (χ4v) is 1.86. The van der Waals surface area contributed by atoms with E-state index >= 15 is 0 Å². The molecule has 3 rings (SSSR count). The standard InChI is InChI=1S/C11H13N3O2/c1-16-11(15)7-13-4-5-14-10(13)6-9(12-14)8-2-3-8/h4-6,8H,2-3,7H2,1H3. The summed E-state index contributed by atoms with van der Waals surface area (Å²) in [5.41, 5.74) is 2.08. The second-order valence-corrected chi connectivity index (χ2v) is 4.15. The van der Waals surface area contributed by atoms with Gasteiger partial charge in [-0.2, -0.15) is 5.10 Å². The maximum atomic E-state index is 11.2. The van der Waals surface area contributed by atoms with Crippen molar-refractivity contribution in [1.29, 1.82) is 0 Å². The Morgan fingerprint density at radius 3 is 3.06 bits per heavy atom. The molecule has 0 N–H and O–H groups in total. The third kappa shape index (κ3) is 1.48. The van der Waals surface area contributed by atoms with Crippen molar-refractivity contribution in [3.63, 3.8) is 0 Å². The Labute approximate surface area is 92.6 Å². The van der Waals surface area contributed by atoms with Crippen molar-refractivity contribution in [3.05, 3.63) is 24.2 Å². The molecule has 0 saturated heterocycles. The zero-order valence-electron chi connectivity index (χ0n) is 9.09. The molecular weight excluding hydrogens is 206 g/mol. The van der Waals surface area contributed by atoms with Gasteiger partial charge in [0.05, 0.1) is 12.8 Å². The summed E-state index contributed by atoms with van der Waals surface area (Å²) in [5, 5.41) is 4.47. The average Bonchev–Trinajstić information content (AvgIpc) is 2.95. The number of carbonyl (C=O) groups is 1. The monoisotopic (exact) mass is 219 g/mol. The van der Waals surface area contributed by atoms with Crippen LogP contribution in [0.15, 0.2) is 18.5 Å². The Kier molecular flexibility index (Phi) is 1.99. The van der Waals surface area contributed by atoms with Crippen molar-refractivity contribution in [2.24, 2.45) is 0 Å². The Bertz CT molecular complexity index is 536. The molecule has 2 aromatic rings. The third-order valence-electron chi connectivity index (χ3n) is 2.94. The van der Waals surface area contributed by atoms with E-state index in [9.17, 15) is 4.79 Å². The molecule has 2 heterocycles. The van der Waals surface area contributed by atoms with Crippen molar-refractivity contribution in [2.45, 2.75) is 25.3 Å². The highest BCUT2D eigenvalue weighted by atomic mass is 16.5. The number of ether oxygens (including phenoxy) is 1. The smallest absolute Gasteiger partial charge is 0.325 e. The van der Waals surface area contributed by atoms with Gasteiger partial charge in [-0.15, -0.1) is 0 Å². The van der Waals surface area contributed by atoms with Crippen molar-refractivity contribution in [2.75, 3.05) is 7.11 Å². The van der Waals surface area contributed by atoms with Crippen LogP contribution in [0.3, 0.4) is 0 Å². The lowest BCUT2D eigenvalue weighted by Gasteiger charge is -2.00. The van der Waals surface area contributed by atoms with Gasteiger partial charge in [0.25, 0.3) is 0 Å². The molecule has 0 radical (unpaired) electrons. The fourth-order valence-electron chi connectivity index (χ4n) is 1.86. The Morgan fingerprint density at radius 1 is 1.56 bits per heavy atom. The summed E-state index contributed by atoms with van der Waals surface area (Å²) in [5.74, 6) is 0.388. The molecular formula is C11H13N3O2. The summed E-state index contributed by atoms with van der Waals surface area (Å²) in [6, 6.07) is 2.06. The Morgan fingerprint density at radius 2 is 2.38 bits per heavy atom. The predicted molar refractivity (Wildman–Crippen MR) is 57.2 cm³/mol. The molecule has 0 aliphatic heterocycles. The van der Waals surface area contributed by atoms with E-state index in [4.69, 9.17) is 0 Å². The Hall–Kier alpha value is -1.78. The lowest BCUT2D eigenvalue weighted by Crippen LogP contribution is -2.10. The number of imidazole rings is 1. The van der Waals surface area contributed by atoms with Gasteiger partial charge in [0.2, 0.25) is 0 Å². The number of rotatable bonds is 3. The molecule has 2 aromatic heterocycles. The summed E-state index contributed by atoms with van der Waals surface area (Å²) in [4.78, 5) is 11.2. The van der Waals surface area contributed by atoms with E-state index < -0.39 is 0 Å². The molecule has 5 heteroatoms. The van der Waals surface area contributed by atoms with Crippen LogP contribution in [0.4, 0.5) is 0 Å². The van der Waals surface area contributed by atoms with Gasteiger partial charge < -0.3 is 9.30 Å². The van der Waals surface area contributed by atoms with E-state index in [2.05, 4.69) is 15.9 Å². The van der Waals surface area contributed by atoms with Gasteiger partial charge >= 0.3 is 5.97 Å². The highest BCUT2D eigenvalue weighted by Gasteiger charge is 2.26. The first-order valence-electron chi connectivity index (χ1n) is 5.39. The topological polar surface area (TPSA) is 48.5 Å². The molecule has 84 valence electrons. The number of hydrogen-bond donors (Lipinski definition) is 0. The van der Waals surface area contributed by atoms with Crippen molar-refractivity contribution < 1.29 is 9.53 Å². The van der Waals surface area contributed by atoms with Gasteiger partial charge in [0.15, 0.2) is 0 Å². The lowest BCUT2D eigenvalue weighted by molar-refractivity contribution is -0.141. The van der Waals surface area contributed by atoms with Gasteiger partial charge in [0, 0.05) is 24.4 Å². The van der Waals surface area contributed by atoms with E-state index in [1.807, 2.05) is 21.5 Å². The molecule has 1 aliphatic rings. The quantitative estimate of drug-likeness (QED) is 0.728. The van der Waals surface area contributed by atoms with Gasteiger partial charge in [-0.3, -0.25) is 4.79 Å². The highest BCUT2D eigenvalue weighted by Crippen LogP contribution is 2.39. The molecule has 5 nitrogen and oxygen atoms in total. The van der Waals surface area contributed by atoms with Crippen LogP contribution in [0.25, 0.3) is 5.65 Å². The first-order valence-corrected chi connectivity index (χ1v) is 5.39. The summed E-state index contributed by atoms with van der Waals surface area (Å²) in [6.07, 6.45) is 6.18. The third-order valence-corrected chi connectivity index (χ3v) is 2.94. The normalized spacial score (nSPS) is 15.6. The zero-order chi connectivity index (χ0) is 11.1. The minimum atomic E-state index is -0.243. The number of fused-ring (bicyclic) bond motifs is 1. The van der Waals surface area contributed by atoms with Crippen molar-refractivity contribution in [3.8, 4) is 0 Å². The number of nitrogens with zero attached hydrogens (tertiary/aromatic N) is 3. The minimum absolute atomic E-state index is 0.239. The second kappa shape index (κ2) is 3.37. The van der Waals surface area contributed by atoms with E-state index in [0.717, 1.165) is 11.3 Å². The predicted octanol–water partition coefficient (Wildman–Crippen LogP) is 1.19. The Balaban J connectivity index is 1.94. The summed E-state index contributed by atoms with van der Waals surface area (Å²) >= 11 is 0. The first-order chi connectivity index (χ1) is 7.78. The second-order valence-electron chi connectivity index (χ2n) is 4.15. The summed E-state index contributed by atoms with van der Waals surface area (Å²) in [6.45, 7) is 0.239. The van der Waals surface area contributed by atoms with Crippen molar-refractivity contribution >= 4 is 11.6 Å². The number of hydrogen-bond acceptors (Lipinski definition) is 3. The molecule has 1 saturated carbocycles. The number of aromatic nitrogens is 3. The molecule has 1 aliphatic carbocycles. The van der Waals surface area contributed by atoms with Crippen LogP contribution in [-0.2, 0) is 16.1 Å². The molecule has 0 unspecified atom stereocenters. The largest absolute Gasteiger partial charge is 0.468 e. The van der Waals surface area contributed by atoms with Crippen LogP contribution in [0.5, 0.6) is 0 Å². The molecule has 1 fully saturated rings. The van der Waals surface area contributed by atoms with E-state index in [1.54, 1.807) is 0 Å². The van der Waals surface area contributed by atoms with Gasteiger partial charge in [-0.1, -0.05) is 0 Å². The average molecular weight is 219 g/mol. The van der Waals surface area contributed by atoms with E-state index in [1.165, 1.54) is 20.0 Å². The SMILES string of the molecule is COC(=O)Cn1ccn2nc(C3CC3)cc12. The maximum absolute atomic E-state index is 11.2. The summed E-state index contributed by atoms with van der Waals surface area (Å²) in [7, 11) is 1.40. The first kappa shape index (κ1) is 9.45. The van der Waals surface area contributed by atoms with Gasteiger partial charge in [0.1, 0.15) is 12.2 Å². The van der Waals surface area contributed by atoms with E-state index in [-0.39, 0.29) is 12.5 Å². The van der Waals surface area contributed by atoms with Crippen LogP contribution in [-0.4, -0.2) is 27.3 Å². The highest BCUT2D eigenvalue weighted by molar-refractivity contribution is 5.70. The zero-order valence-corrected chi connectivity index (χ0v) is 9.09. The maximum Gasteiger partial charge on any atom is 0.325 e. The molecule has 0 spiro atoms. The van der Waals surface area contributed by atoms with Gasteiger partial charge in [-0.05, 0) is 12.8 Å². The lowest BCUT2D eigenvalue weighted by atomic mass is 10.3. The van der Waals surface area contributed by atoms with Crippen molar-refractivity contribution in [1.82, 2.24) is 14.2 Å². The van der Waals surface area contributed by atoms with Crippen LogP contribution in [0.2, 0.25) is 0 Å². The van der Waals surface area contributed by atoms with Gasteiger partial charge in [-0.25, -0.2) is 4.52 Å². The van der Waals surface area contributed by atoms with Crippen LogP contribution >= 0.6 is 0 Å².